The van der Waals surface area contributed by atoms with Crippen LogP contribution < -0.4 is 10.0 Å². The highest BCUT2D eigenvalue weighted by Gasteiger charge is 2.20. The van der Waals surface area contributed by atoms with E-state index in [9.17, 15) is 8.42 Å². The Kier molecular flexibility index (Phi) is 9.61. The van der Waals surface area contributed by atoms with Gasteiger partial charge < -0.3 is 14.6 Å². The number of rotatable bonds is 6. The summed E-state index contributed by atoms with van der Waals surface area (Å²) in [7, 11) is -3.45. The van der Waals surface area contributed by atoms with Crippen molar-refractivity contribution in [3.05, 3.63) is 17.6 Å². The summed E-state index contributed by atoms with van der Waals surface area (Å²) in [6.07, 6.45) is 0.815. The molecule has 0 spiro atoms. The largest absolute Gasteiger partial charge is 0.465 e. The van der Waals surface area contributed by atoms with E-state index in [-0.39, 0.29) is 29.7 Å². The molecule has 0 radical (unpaired) electrons. The molecule has 0 aliphatic carbocycles. The number of nitrogens with one attached hydrogen (secondary N) is 2. The summed E-state index contributed by atoms with van der Waals surface area (Å²) in [6, 6.07) is 1.56. The average Bonchev–Trinajstić information content (AvgIpc) is 2.76. The highest BCUT2D eigenvalue weighted by atomic mass is 35.5. The van der Waals surface area contributed by atoms with Crippen molar-refractivity contribution in [2.75, 3.05) is 39.3 Å². The molecule has 130 valence electrons. The zero-order valence-corrected chi connectivity index (χ0v) is 15.4. The van der Waals surface area contributed by atoms with Crippen LogP contribution in [0.2, 0.25) is 0 Å². The van der Waals surface area contributed by atoms with Crippen LogP contribution in [-0.2, 0) is 10.0 Å². The molecule has 1 aliphatic rings. The van der Waals surface area contributed by atoms with Gasteiger partial charge in [-0.3, -0.25) is 0 Å². The van der Waals surface area contributed by atoms with Crippen molar-refractivity contribution in [2.24, 2.45) is 0 Å². The maximum atomic E-state index is 12.1. The fourth-order valence-electron chi connectivity index (χ4n) is 2.40. The molecular formula is C13H25Cl2N3O3S. The molecule has 1 fully saturated rings. The van der Waals surface area contributed by atoms with Crippen LogP contribution in [-0.4, -0.2) is 52.6 Å². The number of hydrogen-bond acceptors (Lipinski definition) is 5. The number of piperazine rings is 1. The maximum Gasteiger partial charge on any atom is 0.244 e. The van der Waals surface area contributed by atoms with Gasteiger partial charge in [-0.15, -0.1) is 24.8 Å². The second-order valence-corrected chi connectivity index (χ2v) is 6.86. The van der Waals surface area contributed by atoms with Gasteiger partial charge >= 0.3 is 0 Å². The van der Waals surface area contributed by atoms with Crippen molar-refractivity contribution in [3.63, 3.8) is 0 Å². The lowest BCUT2D eigenvalue weighted by atomic mass is 10.3. The Hall–Kier alpha value is -0.310. The molecule has 0 atom stereocenters. The van der Waals surface area contributed by atoms with Crippen LogP contribution in [0.5, 0.6) is 0 Å². The molecule has 1 aromatic heterocycles. The van der Waals surface area contributed by atoms with Gasteiger partial charge in [-0.2, -0.15) is 0 Å². The predicted molar refractivity (Wildman–Crippen MR) is 91.8 cm³/mol. The number of sulfonamides is 1. The lowest BCUT2D eigenvalue weighted by Crippen LogP contribution is -2.44. The van der Waals surface area contributed by atoms with Crippen LogP contribution in [0.25, 0.3) is 0 Å². The van der Waals surface area contributed by atoms with Gasteiger partial charge in [0.1, 0.15) is 16.4 Å². The standard InChI is InChI=1S/C13H23N3O3S.2ClH/c1-11-10-13(12(2)19-11)20(17,18)15-4-3-7-16-8-5-14-6-9-16;;/h10,14-15H,3-9H2,1-2H3;2*1H. The van der Waals surface area contributed by atoms with Gasteiger partial charge in [0.05, 0.1) is 0 Å². The summed E-state index contributed by atoms with van der Waals surface area (Å²) < 4.78 is 32.2. The summed E-state index contributed by atoms with van der Waals surface area (Å²) in [4.78, 5) is 2.59. The minimum Gasteiger partial charge on any atom is -0.465 e. The Morgan fingerprint density at radius 3 is 2.45 bits per heavy atom. The van der Waals surface area contributed by atoms with Gasteiger partial charge in [-0.05, 0) is 32.9 Å². The van der Waals surface area contributed by atoms with Crippen molar-refractivity contribution in [1.82, 2.24) is 14.9 Å². The average molecular weight is 374 g/mol. The number of aryl methyl sites for hydroxylation is 2. The molecule has 0 saturated carbocycles. The molecule has 6 nitrogen and oxygen atoms in total. The van der Waals surface area contributed by atoms with E-state index < -0.39 is 10.0 Å². The zero-order valence-electron chi connectivity index (χ0n) is 12.9. The van der Waals surface area contributed by atoms with Crippen LogP contribution in [0.15, 0.2) is 15.4 Å². The van der Waals surface area contributed by atoms with Gasteiger partial charge in [-0.25, -0.2) is 13.1 Å². The van der Waals surface area contributed by atoms with Crippen molar-refractivity contribution in [3.8, 4) is 0 Å². The molecule has 1 aliphatic heterocycles. The summed E-state index contributed by atoms with van der Waals surface area (Å²) in [5.41, 5.74) is 0. The van der Waals surface area contributed by atoms with E-state index >= 15 is 0 Å². The predicted octanol–water partition coefficient (Wildman–Crippen LogP) is 1.31. The summed E-state index contributed by atoms with van der Waals surface area (Å²) >= 11 is 0. The van der Waals surface area contributed by atoms with Crippen LogP contribution in [0, 0.1) is 13.8 Å². The SMILES string of the molecule is Cc1cc(S(=O)(=O)NCCCN2CCNCC2)c(C)o1.Cl.Cl. The van der Waals surface area contributed by atoms with E-state index in [1.165, 1.54) is 0 Å². The molecule has 1 aromatic rings. The Morgan fingerprint density at radius 1 is 1.27 bits per heavy atom. The monoisotopic (exact) mass is 373 g/mol. The molecule has 1 saturated heterocycles. The van der Waals surface area contributed by atoms with E-state index in [1.807, 2.05) is 0 Å². The van der Waals surface area contributed by atoms with Crippen LogP contribution in [0.1, 0.15) is 17.9 Å². The summed E-state index contributed by atoms with van der Waals surface area (Å²) in [5, 5.41) is 3.30. The smallest absolute Gasteiger partial charge is 0.244 e. The van der Waals surface area contributed by atoms with E-state index in [1.54, 1.807) is 19.9 Å². The van der Waals surface area contributed by atoms with Crippen molar-refractivity contribution in [1.29, 1.82) is 0 Å². The van der Waals surface area contributed by atoms with Gasteiger partial charge in [-0.1, -0.05) is 0 Å². The van der Waals surface area contributed by atoms with Gasteiger partial charge in [0.15, 0.2) is 0 Å². The molecule has 0 bridgehead atoms. The third-order valence-corrected chi connectivity index (χ3v) is 5.01. The first kappa shape index (κ1) is 21.7. The number of hydrogen-bond donors (Lipinski definition) is 2. The Balaban J connectivity index is 0.00000220. The molecule has 22 heavy (non-hydrogen) atoms. The molecule has 0 aromatic carbocycles. The third kappa shape index (κ3) is 6.06. The lowest BCUT2D eigenvalue weighted by molar-refractivity contribution is 0.239. The van der Waals surface area contributed by atoms with Crippen molar-refractivity contribution >= 4 is 34.8 Å². The second kappa shape index (κ2) is 9.75. The van der Waals surface area contributed by atoms with E-state index in [4.69, 9.17) is 4.42 Å². The fraction of sp³-hybridized carbons (Fsp3) is 0.692. The van der Waals surface area contributed by atoms with E-state index in [0.717, 1.165) is 39.1 Å². The maximum absolute atomic E-state index is 12.1. The molecule has 0 unspecified atom stereocenters. The Morgan fingerprint density at radius 2 is 1.91 bits per heavy atom. The number of nitrogens with zero attached hydrogens (tertiary/aromatic N) is 1. The molecule has 2 N–H and O–H groups in total. The van der Waals surface area contributed by atoms with Crippen molar-refractivity contribution < 1.29 is 12.8 Å². The highest BCUT2D eigenvalue weighted by molar-refractivity contribution is 7.89. The molecule has 2 rings (SSSR count). The first-order valence-electron chi connectivity index (χ1n) is 6.99. The van der Waals surface area contributed by atoms with Crippen LogP contribution in [0.4, 0.5) is 0 Å². The van der Waals surface area contributed by atoms with E-state index in [0.29, 0.717) is 18.1 Å². The Labute approximate surface area is 144 Å². The fourth-order valence-corrected chi connectivity index (χ4v) is 3.71. The quantitative estimate of drug-likeness (QED) is 0.735. The summed E-state index contributed by atoms with van der Waals surface area (Å²) in [5.74, 6) is 1.06. The van der Waals surface area contributed by atoms with Crippen LogP contribution >= 0.6 is 24.8 Å². The molecular weight excluding hydrogens is 349 g/mol. The first-order chi connectivity index (χ1) is 9.49. The minimum absolute atomic E-state index is 0. The minimum atomic E-state index is -3.45. The third-order valence-electron chi connectivity index (χ3n) is 3.44. The van der Waals surface area contributed by atoms with Crippen molar-refractivity contribution in [2.45, 2.75) is 25.2 Å². The first-order valence-corrected chi connectivity index (χ1v) is 8.47. The van der Waals surface area contributed by atoms with E-state index in [2.05, 4.69) is 14.9 Å². The molecule has 9 heteroatoms. The molecule has 2 heterocycles. The van der Waals surface area contributed by atoms with Gasteiger partial charge in [0, 0.05) is 32.7 Å². The second-order valence-electron chi connectivity index (χ2n) is 5.12. The van der Waals surface area contributed by atoms with Crippen LogP contribution in [0.3, 0.4) is 0 Å². The van der Waals surface area contributed by atoms with Gasteiger partial charge in [0.25, 0.3) is 0 Å². The topological polar surface area (TPSA) is 74.6 Å². The summed E-state index contributed by atoms with van der Waals surface area (Å²) in [6.45, 7) is 8.89. The normalized spacial score (nSPS) is 15.9. The molecule has 0 amide bonds. The number of furan rings is 1. The zero-order chi connectivity index (χ0) is 14.6. The lowest BCUT2D eigenvalue weighted by Gasteiger charge is -2.27. The number of halogens is 2. The van der Waals surface area contributed by atoms with Gasteiger partial charge in [0.2, 0.25) is 10.0 Å². The Bertz CT molecular complexity index is 543. The highest BCUT2D eigenvalue weighted by Crippen LogP contribution is 2.18.